The van der Waals surface area contributed by atoms with Gasteiger partial charge < -0.3 is 5.32 Å². The second-order valence-electron chi connectivity index (χ2n) is 7.50. The first-order chi connectivity index (χ1) is 13.2. The van der Waals surface area contributed by atoms with E-state index in [0.29, 0.717) is 0 Å². The molecular weight excluding hydrogens is 328 g/mol. The van der Waals surface area contributed by atoms with Crippen molar-refractivity contribution in [1.29, 1.82) is 0 Å². The molecule has 0 spiro atoms. The quantitative estimate of drug-likeness (QED) is 0.704. The Bertz CT molecular complexity index is 923. The summed E-state index contributed by atoms with van der Waals surface area (Å²) in [5, 5.41) is 3.46. The zero-order valence-corrected chi connectivity index (χ0v) is 16.3. The highest BCUT2D eigenvalue weighted by molar-refractivity contribution is 5.88. The first-order valence-electron chi connectivity index (χ1n) is 9.91. The lowest BCUT2D eigenvalue weighted by atomic mass is 9.87. The average Bonchev–Trinajstić information content (AvgIpc) is 2.70. The van der Waals surface area contributed by atoms with Crippen molar-refractivity contribution < 1.29 is 0 Å². The second-order valence-corrected chi connectivity index (χ2v) is 7.50. The van der Waals surface area contributed by atoms with Crippen LogP contribution in [-0.2, 0) is 6.54 Å². The summed E-state index contributed by atoms with van der Waals surface area (Å²) in [4.78, 5) is 2.56. The van der Waals surface area contributed by atoms with Crippen LogP contribution in [0, 0.1) is 13.8 Å². The number of nitrogens with zero attached hydrogens (tertiary/aromatic N) is 1. The summed E-state index contributed by atoms with van der Waals surface area (Å²) in [6, 6.07) is 24.3. The number of hydrogen-bond acceptors (Lipinski definition) is 2. The van der Waals surface area contributed by atoms with Gasteiger partial charge in [0.15, 0.2) is 0 Å². The fourth-order valence-electron chi connectivity index (χ4n) is 4.11. The van der Waals surface area contributed by atoms with Gasteiger partial charge in [-0.25, -0.2) is 0 Å². The van der Waals surface area contributed by atoms with Crippen molar-refractivity contribution in [2.45, 2.75) is 20.4 Å². The van der Waals surface area contributed by atoms with Gasteiger partial charge in [-0.3, -0.25) is 4.90 Å². The van der Waals surface area contributed by atoms with Gasteiger partial charge in [-0.2, -0.15) is 0 Å². The van der Waals surface area contributed by atoms with E-state index in [1.165, 1.54) is 38.9 Å². The molecule has 1 aliphatic heterocycles. The van der Waals surface area contributed by atoms with Crippen LogP contribution in [0.15, 0.2) is 66.7 Å². The van der Waals surface area contributed by atoms with Crippen LogP contribution < -0.4 is 5.32 Å². The van der Waals surface area contributed by atoms with Gasteiger partial charge in [0.05, 0.1) is 0 Å². The van der Waals surface area contributed by atoms with E-state index in [2.05, 4.69) is 90.8 Å². The summed E-state index contributed by atoms with van der Waals surface area (Å²) in [5.41, 5.74) is 9.50. The lowest BCUT2D eigenvalue weighted by Gasteiger charge is -2.29. The van der Waals surface area contributed by atoms with Crippen LogP contribution in [0.3, 0.4) is 0 Å². The zero-order valence-electron chi connectivity index (χ0n) is 16.3. The van der Waals surface area contributed by atoms with Gasteiger partial charge in [0, 0.05) is 32.7 Å². The number of rotatable bonds is 4. The van der Waals surface area contributed by atoms with E-state index in [-0.39, 0.29) is 0 Å². The van der Waals surface area contributed by atoms with E-state index in [0.717, 1.165) is 32.7 Å². The minimum Gasteiger partial charge on any atom is -0.314 e. The maximum Gasteiger partial charge on any atom is 0.0241 e. The molecule has 1 N–H and O–H groups in total. The van der Waals surface area contributed by atoms with Crippen LogP contribution in [-0.4, -0.2) is 31.1 Å². The lowest BCUT2D eigenvalue weighted by molar-refractivity contribution is 0.233. The Balaban J connectivity index is 1.88. The highest BCUT2D eigenvalue weighted by atomic mass is 15.2. The highest BCUT2D eigenvalue weighted by Gasteiger charge is 2.18. The standard InChI is InChI=1S/C25H28N2/c1-19-8-3-5-11-22(19)24-13-7-10-21(18-27-16-14-26-15-17-27)25(24)23-12-6-4-9-20(23)2/h3-13,26H,14-18H2,1-2H3. The molecule has 3 aromatic rings. The smallest absolute Gasteiger partial charge is 0.0241 e. The molecule has 138 valence electrons. The van der Waals surface area contributed by atoms with Crippen LogP contribution in [0.25, 0.3) is 22.3 Å². The summed E-state index contributed by atoms with van der Waals surface area (Å²) in [5.74, 6) is 0. The van der Waals surface area contributed by atoms with Crippen molar-refractivity contribution in [2.75, 3.05) is 26.2 Å². The van der Waals surface area contributed by atoms with Crippen LogP contribution in [0.5, 0.6) is 0 Å². The molecule has 0 unspecified atom stereocenters. The molecule has 2 nitrogen and oxygen atoms in total. The summed E-state index contributed by atoms with van der Waals surface area (Å²) < 4.78 is 0. The summed E-state index contributed by atoms with van der Waals surface area (Å²) in [6.45, 7) is 9.82. The van der Waals surface area contributed by atoms with Crippen LogP contribution >= 0.6 is 0 Å². The molecule has 1 aliphatic rings. The Morgan fingerprint density at radius 2 is 1.30 bits per heavy atom. The van der Waals surface area contributed by atoms with Crippen molar-refractivity contribution in [1.82, 2.24) is 10.2 Å². The Kier molecular flexibility index (Phi) is 5.38. The highest BCUT2D eigenvalue weighted by Crippen LogP contribution is 2.38. The Morgan fingerprint density at radius 3 is 1.96 bits per heavy atom. The molecule has 1 heterocycles. The third-order valence-electron chi connectivity index (χ3n) is 5.60. The topological polar surface area (TPSA) is 15.3 Å². The zero-order chi connectivity index (χ0) is 18.6. The van der Waals surface area contributed by atoms with Crippen molar-refractivity contribution in [3.63, 3.8) is 0 Å². The normalized spacial score (nSPS) is 15.0. The Labute approximate surface area is 162 Å². The van der Waals surface area contributed by atoms with Gasteiger partial charge >= 0.3 is 0 Å². The van der Waals surface area contributed by atoms with Crippen molar-refractivity contribution >= 4 is 0 Å². The number of aryl methyl sites for hydroxylation is 2. The lowest BCUT2D eigenvalue weighted by Crippen LogP contribution is -2.42. The fourth-order valence-corrected chi connectivity index (χ4v) is 4.11. The van der Waals surface area contributed by atoms with Gasteiger partial charge in [0.25, 0.3) is 0 Å². The Morgan fingerprint density at radius 1 is 0.704 bits per heavy atom. The molecule has 3 aromatic carbocycles. The summed E-state index contributed by atoms with van der Waals surface area (Å²) in [7, 11) is 0. The van der Waals surface area contributed by atoms with Crippen molar-refractivity contribution in [2.24, 2.45) is 0 Å². The third-order valence-corrected chi connectivity index (χ3v) is 5.60. The molecule has 4 rings (SSSR count). The SMILES string of the molecule is Cc1ccccc1-c1cccc(CN2CCNCC2)c1-c1ccccc1C. The van der Waals surface area contributed by atoms with E-state index in [4.69, 9.17) is 0 Å². The van der Waals surface area contributed by atoms with Crippen LogP contribution in [0.2, 0.25) is 0 Å². The molecule has 27 heavy (non-hydrogen) atoms. The largest absolute Gasteiger partial charge is 0.314 e. The monoisotopic (exact) mass is 356 g/mol. The fraction of sp³-hybridized carbons (Fsp3) is 0.280. The number of hydrogen-bond donors (Lipinski definition) is 1. The van der Waals surface area contributed by atoms with Crippen LogP contribution in [0.4, 0.5) is 0 Å². The van der Waals surface area contributed by atoms with Gasteiger partial charge in [-0.05, 0) is 52.8 Å². The summed E-state index contributed by atoms with van der Waals surface area (Å²) >= 11 is 0. The molecule has 0 saturated carbocycles. The molecular formula is C25H28N2. The first kappa shape index (κ1) is 18.0. The predicted molar refractivity (Wildman–Crippen MR) is 115 cm³/mol. The minimum absolute atomic E-state index is 1.01. The number of benzene rings is 3. The van der Waals surface area contributed by atoms with Crippen LogP contribution in [0.1, 0.15) is 16.7 Å². The number of piperazine rings is 1. The maximum absolute atomic E-state index is 3.46. The molecule has 0 bridgehead atoms. The molecule has 0 amide bonds. The molecule has 0 aliphatic carbocycles. The molecule has 0 aromatic heterocycles. The van der Waals surface area contributed by atoms with E-state index >= 15 is 0 Å². The van der Waals surface area contributed by atoms with E-state index in [1.807, 2.05) is 0 Å². The van der Waals surface area contributed by atoms with E-state index in [1.54, 1.807) is 0 Å². The summed E-state index contributed by atoms with van der Waals surface area (Å²) in [6.07, 6.45) is 0. The van der Waals surface area contributed by atoms with Gasteiger partial charge in [0.2, 0.25) is 0 Å². The van der Waals surface area contributed by atoms with E-state index in [9.17, 15) is 0 Å². The first-order valence-corrected chi connectivity index (χ1v) is 9.91. The van der Waals surface area contributed by atoms with Gasteiger partial charge in [0.1, 0.15) is 0 Å². The molecule has 0 radical (unpaired) electrons. The second kappa shape index (κ2) is 8.08. The molecule has 2 heteroatoms. The van der Waals surface area contributed by atoms with Crippen molar-refractivity contribution in [3.05, 3.63) is 83.4 Å². The molecule has 1 saturated heterocycles. The third kappa shape index (κ3) is 3.83. The maximum atomic E-state index is 3.46. The van der Waals surface area contributed by atoms with Gasteiger partial charge in [-0.1, -0.05) is 66.7 Å². The molecule has 1 fully saturated rings. The predicted octanol–water partition coefficient (Wildman–Crippen LogP) is 5.04. The minimum atomic E-state index is 1.01. The van der Waals surface area contributed by atoms with E-state index < -0.39 is 0 Å². The molecule has 0 atom stereocenters. The Hall–Kier alpha value is -2.42. The average molecular weight is 357 g/mol. The van der Waals surface area contributed by atoms with Gasteiger partial charge in [-0.15, -0.1) is 0 Å². The van der Waals surface area contributed by atoms with Crippen molar-refractivity contribution in [3.8, 4) is 22.3 Å². The number of nitrogens with one attached hydrogen (secondary N) is 1.